The highest BCUT2D eigenvalue weighted by Gasteiger charge is 2.14. The number of amides is 2. The van der Waals surface area contributed by atoms with Crippen LogP contribution in [0.4, 0.5) is 17.1 Å². The molecule has 3 N–H and O–H groups in total. The summed E-state index contributed by atoms with van der Waals surface area (Å²) < 4.78 is 0. The van der Waals surface area contributed by atoms with Crippen LogP contribution in [-0.2, 0) is 9.59 Å². The molecule has 3 rings (SSSR count). The Balaban J connectivity index is 1.71. The fraction of sp³-hybridized carbons (Fsp3) is 0.160. The Morgan fingerprint density at radius 3 is 2.09 bits per heavy atom. The van der Waals surface area contributed by atoms with E-state index in [-0.39, 0.29) is 0 Å². The molecule has 0 unspecified atom stereocenters. The Morgan fingerprint density at radius 2 is 1.41 bits per heavy atom. The van der Waals surface area contributed by atoms with Gasteiger partial charge < -0.3 is 10.6 Å². The Bertz CT molecular complexity index is 1200. The number of hydrogen-bond donors (Lipinski definition) is 3. The minimum absolute atomic E-state index is 0.525. The van der Waals surface area contributed by atoms with Gasteiger partial charge in [0.1, 0.15) is 0 Å². The Labute approximate surface area is 192 Å². The van der Waals surface area contributed by atoms with Gasteiger partial charge >= 0.3 is 11.8 Å². The predicted octanol–water partition coefficient (Wildman–Crippen LogP) is 5.41. The van der Waals surface area contributed by atoms with Crippen molar-refractivity contribution in [3.8, 4) is 0 Å². The van der Waals surface area contributed by atoms with Crippen LogP contribution in [0.3, 0.4) is 0 Å². The molecule has 3 aromatic rings. The van der Waals surface area contributed by atoms with Gasteiger partial charge in [0.15, 0.2) is 0 Å². The zero-order chi connectivity index (χ0) is 23.3. The lowest BCUT2D eigenvalue weighted by atomic mass is 10.1. The zero-order valence-electron chi connectivity index (χ0n) is 18.4. The number of benzene rings is 3. The lowest BCUT2D eigenvalue weighted by Crippen LogP contribution is -2.32. The number of hydrogen-bond acceptors (Lipinski definition) is 4. The van der Waals surface area contributed by atoms with Crippen molar-refractivity contribution in [1.29, 1.82) is 0 Å². The summed E-state index contributed by atoms with van der Waals surface area (Å²) in [6.07, 6.45) is 1.45. The fourth-order valence-corrected chi connectivity index (χ4v) is 3.21. The van der Waals surface area contributed by atoms with Gasteiger partial charge in [-0.1, -0.05) is 35.9 Å². The van der Waals surface area contributed by atoms with E-state index in [1.807, 2.05) is 64.1 Å². The lowest BCUT2D eigenvalue weighted by Gasteiger charge is -2.13. The number of anilines is 3. The van der Waals surface area contributed by atoms with Crippen LogP contribution in [0.1, 0.15) is 27.8 Å². The molecule has 0 aliphatic heterocycles. The van der Waals surface area contributed by atoms with Crippen LogP contribution >= 0.6 is 11.6 Å². The first kappa shape index (κ1) is 23.0. The zero-order valence-corrected chi connectivity index (χ0v) is 19.2. The summed E-state index contributed by atoms with van der Waals surface area (Å²) in [6.45, 7) is 7.80. The molecule has 6 nitrogen and oxygen atoms in total. The molecule has 0 aliphatic carbocycles. The summed E-state index contributed by atoms with van der Waals surface area (Å²) in [7, 11) is 0. The molecule has 3 aromatic carbocycles. The molecule has 0 radical (unpaired) electrons. The normalized spacial score (nSPS) is 10.8. The van der Waals surface area contributed by atoms with Crippen LogP contribution in [0.2, 0.25) is 5.02 Å². The molecule has 0 saturated heterocycles. The van der Waals surface area contributed by atoms with Crippen LogP contribution < -0.4 is 16.1 Å². The third-order valence-corrected chi connectivity index (χ3v) is 5.13. The van der Waals surface area contributed by atoms with Gasteiger partial charge in [-0.3, -0.25) is 9.59 Å². The molecule has 7 heteroatoms. The van der Waals surface area contributed by atoms with Gasteiger partial charge in [-0.15, -0.1) is 0 Å². The largest absolute Gasteiger partial charge is 0.355 e. The van der Waals surface area contributed by atoms with Crippen molar-refractivity contribution < 1.29 is 9.59 Å². The average molecular weight is 449 g/mol. The van der Waals surface area contributed by atoms with Gasteiger partial charge in [-0.2, -0.15) is 5.10 Å². The first-order chi connectivity index (χ1) is 15.2. The predicted molar refractivity (Wildman–Crippen MR) is 131 cm³/mol. The van der Waals surface area contributed by atoms with E-state index in [0.29, 0.717) is 16.3 Å². The van der Waals surface area contributed by atoms with Gasteiger partial charge in [-0.25, -0.2) is 5.43 Å². The van der Waals surface area contributed by atoms with E-state index in [9.17, 15) is 9.59 Å². The van der Waals surface area contributed by atoms with Crippen LogP contribution in [-0.4, -0.2) is 18.0 Å². The molecule has 0 heterocycles. The number of aryl methyl sites for hydroxylation is 4. The Kier molecular flexibility index (Phi) is 7.28. The van der Waals surface area contributed by atoms with E-state index < -0.39 is 11.8 Å². The highest BCUT2D eigenvalue weighted by atomic mass is 35.5. The van der Waals surface area contributed by atoms with Crippen LogP contribution in [0, 0.1) is 27.7 Å². The molecule has 32 heavy (non-hydrogen) atoms. The SMILES string of the molecule is Cc1ccc(C)c(NC(=O)C(=O)N/N=C\c2cc(Cl)ccc2Nc2cc(C)ccc2C)c1. The second kappa shape index (κ2) is 10.1. The van der Waals surface area contributed by atoms with E-state index in [1.54, 1.807) is 18.2 Å². The number of hydrazone groups is 1. The maximum Gasteiger partial charge on any atom is 0.329 e. The fourth-order valence-electron chi connectivity index (χ4n) is 3.03. The lowest BCUT2D eigenvalue weighted by molar-refractivity contribution is -0.136. The number of carbonyl (C=O) groups excluding carboxylic acids is 2. The molecular formula is C25H25ClN4O2. The first-order valence-corrected chi connectivity index (χ1v) is 10.5. The van der Waals surface area contributed by atoms with E-state index in [1.165, 1.54) is 6.21 Å². The van der Waals surface area contributed by atoms with Gasteiger partial charge in [0.25, 0.3) is 0 Å². The van der Waals surface area contributed by atoms with Crippen molar-refractivity contribution in [2.24, 2.45) is 5.10 Å². The van der Waals surface area contributed by atoms with Gasteiger partial charge in [0, 0.05) is 27.6 Å². The highest BCUT2D eigenvalue weighted by molar-refractivity contribution is 6.39. The summed E-state index contributed by atoms with van der Waals surface area (Å²) in [5, 5.41) is 10.4. The average Bonchev–Trinajstić information content (AvgIpc) is 2.75. The molecule has 0 aromatic heterocycles. The standard InChI is InChI=1S/C25H25ClN4O2/c1-15-5-7-17(3)22(11-15)28-21-10-9-20(26)13-19(21)14-27-30-25(32)24(31)29-23-12-16(2)6-8-18(23)4/h5-14,28H,1-4H3,(H,29,31)(H,30,32)/b27-14-. The number of nitrogens with zero attached hydrogens (tertiary/aromatic N) is 1. The van der Waals surface area contributed by atoms with Crippen molar-refractivity contribution in [2.75, 3.05) is 10.6 Å². The van der Waals surface area contributed by atoms with E-state index in [2.05, 4.69) is 21.2 Å². The van der Waals surface area contributed by atoms with Crippen LogP contribution in [0.25, 0.3) is 0 Å². The molecule has 164 valence electrons. The van der Waals surface area contributed by atoms with Gasteiger partial charge in [0.2, 0.25) is 0 Å². The summed E-state index contributed by atoms with van der Waals surface area (Å²) in [6, 6.07) is 17.1. The monoisotopic (exact) mass is 448 g/mol. The molecule has 0 saturated carbocycles. The molecule has 0 fully saturated rings. The van der Waals surface area contributed by atoms with Crippen molar-refractivity contribution in [1.82, 2.24) is 5.43 Å². The highest BCUT2D eigenvalue weighted by Crippen LogP contribution is 2.26. The van der Waals surface area contributed by atoms with Crippen molar-refractivity contribution in [3.63, 3.8) is 0 Å². The number of rotatable bonds is 5. The maximum absolute atomic E-state index is 12.2. The molecule has 0 aliphatic rings. The summed E-state index contributed by atoms with van der Waals surface area (Å²) in [5.41, 5.74) is 9.29. The number of halogens is 1. The molecule has 2 amide bonds. The molecular weight excluding hydrogens is 424 g/mol. The van der Waals surface area contributed by atoms with E-state index in [0.717, 1.165) is 33.6 Å². The summed E-state index contributed by atoms with van der Waals surface area (Å²) >= 11 is 6.15. The topological polar surface area (TPSA) is 82.6 Å². The third-order valence-electron chi connectivity index (χ3n) is 4.89. The summed E-state index contributed by atoms with van der Waals surface area (Å²) in [5.74, 6) is -1.66. The molecule has 0 atom stereocenters. The number of carbonyl (C=O) groups is 2. The second-order valence-corrected chi connectivity index (χ2v) is 8.08. The molecule has 0 bridgehead atoms. The van der Waals surface area contributed by atoms with E-state index in [4.69, 9.17) is 11.6 Å². The smallest absolute Gasteiger partial charge is 0.329 e. The minimum Gasteiger partial charge on any atom is -0.355 e. The van der Waals surface area contributed by atoms with Crippen molar-refractivity contribution in [2.45, 2.75) is 27.7 Å². The quantitative estimate of drug-likeness (QED) is 0.277. The maximum atomic E-state index is 12.2. The van der Waals surface area contributed by atoms with Crippen molar-refractivity contribution in [3.05, 3.63) is 87.4 Å². The Morgan fingerprint density at radius 1 is 0.781 bits per heavy atom. The van der Waals surface area contributed by atoms with Crippen LogP contribution in [0.15, 0.2) is 59.7 Å². The van der Waals surface area contributed by atoms with Crippen LogP contribution in [0.5, 0.6) is 0 Å². The third kappa shape index (κ3) is 5.95. The summed E-state index contributed by atoms with van der Waals surface area (Å²) in [4.78, 5) is 24.4. The first-order valence-electron chi connectivity index (χ1n) is 10.1. The van der Waals surface area contributed by atoms with Gasteiger partial charge in [0.05, 0.1) is 6.21 Å². The Hall–Kier alpha value is -3.64. The minimum atomic E-state index is -0.867. The van der Waals surface area contributed by atoms with Crippen molar-refractivity contribution >= 4 is 46.7 Å². The van der Waals surface area contributed by atoms with Gasteiger partial charge in [-0.05, 0) is 80.3 Å². The number of nitrogens with one attached hydrogen (secondary N) is 3. The molecule has 0 spiro atoms. The van der Waals surface area contributed by atoms with E-state index >= 15 is 0 Å². The second-order valence-electron chi connectivity index (χ2n) is 7.65.